The normalized spacial score (nSPS) is 19.2. The summed E-state index contributed by atoms with van der Waals surface area (Å²) in [5.41, 5.74) is 1.01. The molecule has 1 unspecified atom stereocenters. The first kappa shape index (κ1) is 13.7. The molecule has 0 aromatic heterocycles. The summed E-state index contributed by atoms with van der Waals surface area (Å²) >= 11 is 0. The van der Waals surface area contributed by atoms with E-state index in [9.17, 15) is 4.79 Å². The lowest BCUT2D eigenvalue weighted by atomic mass is 10.1. The Balaban J connectivity index is 2.10. The van der Waals surface area contributed by atoms with Gasteiger partial charge in [-0.15, -0.1) is 0 Å². The van der Waals surface area contributed by atoms with Crippen LogP contribution in [0.5, 0.6) is 5.75 Å². The number of hydrogen-bond acceptors (Lipinski definition) is 4. The number of carboxylic acid groups (broad SMARTS) is 1. The maximum Gasteiger partial charge on any atom is 0.305 e. The van der Waals surface area contributed by atoms with E-state index < -0.39 is 5.97 Å². The van der Waals surface area contributed by atoms with Crippen LogP contribution in [0.1, 0.15) is 13.3 Å². The molecule has 0 radical (unpaired) electrons. The van der Waals surface area contributed by atoms with Gasteiger partial charge in [0, 0.05) is 12.2 Å². The molecule has 1 atom stereocenters. The van der Waals surface area contributed by atoms with Gasteiger partial charge < -0.3 is 19.5 Å². The molecule has 1 fully saturated rings. The number of nitrogens with zero attached hydrogens (tertiary/aromatic N) is 1. The number of carbonyl (C=O) groups is 1. The Morgan fingerprint density at radius 2 is 2.21 bits per heavy atom. The molecule has 1 aliphatic rings. The second-order valence-corrected chi connectivity index (χ2v) is 4.45. The van der Waals surface area contributed by atoms with E-state index in [2.05, 4.69) is 4.90 Å². The van der Waals surface area contributed by atoms with Gasteiger partial charge in [-0.2, -0.15) is 0 Å². The molecule has 1 N–H and O–H groups in total. The van der Waals surface area contributed by atoms with Gasteiger partial charge in [0.1, 0.15) is 5.75 Å². The average molecular weight is 265 g/mol. The molecule has 0 bridgehead atoms. The summed E-state index contributed by atoms with van der Waals surface area (Å²) < 4.78 is 10.8. The highest BCUT2D eigenvalue weighted by Crippen LogP contribution is 2.24. The molecule has 1 aromatic rings. The van der Waals surface area contributed by atoms with E-state index in [1.54, 1.807) is 0 Å². The average Bonchev–Trinajstić information content (AvgIpc) is 2.40. The van der Waals surface area contributed by atoms with Crippen molar-refractivity contribution in [1.82, 2.24) is 0 Å². The number of rotatable bonds is 5. The highest BCUT2D eigenvalue weighted by molar-refractivity contribution is 5.68. The van der Waals surface area contributed by atoms with Crippen molar-refractivity contribution in [2.24, 2.45) is 0 Å². The van der Waals surface area contributed by atoms with Gasteiger partial charge in [0.25, 0.3) is 0 Å². The number of morpholine rings is 1. The maximum atomic E-state index is 10.9. The minimum Gasteiger partial charge on any atom is -0.494 e. The minimum absolute atomic E-state index is 0.0905. The molecule has 0 aliphatic carbocycles. The third kappa shape index (κ3) is 3.61. The molecule has 1 heterocycles. The van der Waals surface area contributed by atoms with Crippen molar-refractivity contribution in [3.63, 3.8) is 0 Å². The third-order valence-electron chi connectivity index (χ3n) is 3.12. The highest BCUT2D eigenvalue weighted by atomic mass is 16.5. The van der Waals surface area contributed by atoms with Gasteiger partial charge in [-0.05, 0) is 31.2 Å². The van der Waals surface area contributed by atoms with E-state index in [-0.39, 0.29) is 12.5 Å². The quantitative estimate of drug-likeness (QED) is 0.879. The van der Waals surface area contributed by atoms with E-state index >= 15 is 0 Å². The van der Waals surface area contributed by atoms with Gasteiger partial charge in [0.2, 0.25) is 0 Å². The predicted molar refractivity (Wildman–Crippen MR) is 71.8 cm³/mol. The van der Waals surface area contributed by atoms with Crippen molar-refractivity contribution in [1.29, 1.82) is 0 Å². The molecule has 19 heavy (non-hydrogen) atoms. The summed E-state index contributed by atoms with van der Waals surface area (Å²) in [7, 11) is 0. The molecule has 5 nitrogen and oxygen atoms in total. The van der Waals surface area contributed by atoms with Crippen molar-refractivity contribution in [3.05, 3.63) is 24.3 Å². The van der Waals surface area contributed by atoms with Crippen LogP contribution in [0.15, 0.2) is 24.3 Å². The van der Waals surface area contributed by atoms with Crippen molar-refractivity contribution < 1.29 is 19.4 Å². The van der Waals surface area contributed by atoms with Crippen LogP contribution in [-0.4, -0.2) is 43.5 Å². The largest absolute Gasteiger partial charge is 0.494 e. The van der Waals surface area contributed by atoms with E-state index in [0.717, 1.165) is 11.4 Å². The first-order valence-corrected chi connectivity index (χ1v) is 6.49. The highest BCUT2D eigenvalue weighted by Gasteiger charge is 2.25. The lowest BCUT2D eigenvalue weighted by Crippen LogP contribution is -2.46. The first-order chi connectivity index (χ1) is 9.20. The predicted octanol–water partition coefficient (Wildman–Crippen LogP) is 1.77. The topological polar surface area (TPSA) is 59.0 Å². The zero-order valence-electron chi connectivity index (χ0n) is 11.0. The van der Waals surface area contributed by atoms with Gasteiger partial charge >= 0.3 is 5.97 Å². The Morgan fingerprint density at radius 1 is 1.47 bits per heavy atom. The summed E-state index contributed by atoms with van der Waals surface area (Å²) in [5.74, 6) is 0.0285. The fourth-order valence-corrected chi connectivity index (χ4v) is 2.27. The maximum absolute atomic E-state index is 10.9. The molecule has 0 spiro atoms. The van der Waals surface area contributed by atoms with Crippen LogP contribution < -0.4 is 9.64 Å². The Kier molecular flexibility index (Phi) is 4.63. The molecule has 0 saturated carbocycles. The van der Waals surface area contributed by atoms with Crippen LogP contribution in [0, 0.1) is 0 Å². The monoisotopic (exact) mass is 265 g/mol. The summed E-state index contributed by atoms with van der Waals surface area (Å²) in [4.78, 5) is 13.0. The van der Waals surface area contributed by atoms with E-state index in [0.29, 0.717) is 26.4 Å². The van der Waals surface area contributed by atoms with Gasteiger partial charge in [0.15, 0.2) is 0 Å². The Labute approximate surface area is 112 Å². The number of carboxylic acids is 1. The molecular formula is C14H19NO4. The van der Waals surface area contributed by atoms with E-state index in [1.807, 2.05) is 31.2 Å². The number of benzene rings is 1. The SMILES string of the molecule is CCOc1ccc(N2CCOCC2CC(=O)O)cc1. The lowest BCUT2D eigenvalue weighted by molar-refractivity contribution is -0.138. The summed E-state index contributed by atoms with van der Waals surface area (Å²) in [6, 6.07) is 7.64. The number of aliphatic carboxylic acids is 1. The van der Waals surface area contributed by atoms with E-state index in [1.165, 1.54) is 0 Å². The van der Waals surface area contributed by atoms with Crippen LogP contribution >= 0.6 is 0 Å². The Bertz CT molecular complexity index is 418. The molecule has 5 heteroatoms. The third-order valence-corrected chi connectivity index (χ3v) is 3.12. The minimum atomic E-state index is -0.800. The van der Waals surface area contributed by atoms with Crippen molar-refractivity contribution in [2.75, 3.05) is 31.3 Å². The van der Waals surface area contributed by atoms with Gasteiger partial charge in [-0.1, -0.05) is 0 Å². The van der Waals surface area contributed by atoms with Crippen LogP contribution in [-0.2, 0) is 9.53 Å². The van der Waals surface area contributed by atoms with Crippen molar-refractivity contribution >= 4 is 11.7 Å². The molecular weight excluding hydrogens is 246 g/mol. The van der Waals surface area contributed by atoms with Crippen molar-refractivity contribution in [2.45, 2.75) is 19.4 Å². The zero-order valence-corrected chi connectivity index (χ0v) is 11.0. The molecule has 104 valence electrons. The van der Waals surface area contributed by atoms with Crippen LogP contribution in [0.4, 0.5) is 5.69 Å². The van der Waals surface area contributed by atoms with Gasteiger partial charge in [0.05, 0.1) is 32.3 Å². The molecule has 0 amide bonds. The standard InChI is InChI=1S/C14H19NO4/c1-2-19-13-5-3-11(4-6-13)15-7-8-18-10-12(15)9-14(16)17/h3-6,12H,2,7-10H2,1H3,(H,16,17). The lowest BCUT2D eigenvalue weighted by Gasteiger charge is -2.36. The second-order valence-electron chi connectivity index (χ2n) is 4.45. The van der Waals surface area contributed by atoms with Crippen molar-refractivity contribution in [3.8, 4) is 5.75 Å². The Hall–Kier alpha value is -1.75. The smallest absolute Gasteiger partial charge is 0.305 e. The zero-order chi connectivity index (χ0) is 13.7. The van der Waals surface area contributed by atoms with E-state index in [4.69, 9.17) is 14.6 Å². The molecule has 2 rings (SSSR count). The molecule has 1 saturated heterocycles. The second kappa shape index (κ2) is 6.43. The fraction of sp³-hybridized carbons (Fsp3) is 0.500. The summed E-state index contributed by atoms with van der Waals surface area (Å²) in [6.45, 7) is 4.38. The first-order valence-electron chi connectivity index (χ1n) is 6.49. The van der Waals surface area contributed by atoms with Crippen LogP contribution in [0.2, 0.25) is 0 Å². The molecule has 1 aliphatic heterocycles. The number of hydrogen-bond donors (Lipinski definition) is 1. The van der Waals surface area contributed by atoms with Gasteiger partial charge in [-0.25, -0.2) is 0 Å². The summed E-state index contributed by atoms with van der Waals surface area (Å²) in [5, 5.41) is 8.94. The fourth-order valence-electron chi connectivity index (χ4n) is 2.27. The summed E-state index contributed by atoms with van der Waals surface area (Å²) in [6.07, 6.45) is 0.0905. The Morgan fingerprint density at radius 3 is 2.84 bits per heavy atom. The number of anilines is 1. The van der Waals surface area contributed by atoms with Crippen LogP contribution in [0.25, 0.3) is 0 Å². The van der Waals surface area contributed by atoms with Gasteiger partial charge in [-0.3, -0.25) is 4.79 Å². The molecule has 1 aromatic carbocycles. The van der Waals surface area contributed by atoms with Crippen LogP contribution in [0.3, 0.4) is 0 Å². The number of ether oxygens (including phenoxy) is 2.